The molecule has 0 atom stereocenters. The molecule has 0 unspecified atom stereocenters. The van der Waals surface area contributed by atoms with Gasteiger partial charge in [0.25, 0.3) is 0 Å². The van der Waals surface area contributed by atoms with Crippen LogP contribution in [-0.4, -0.2) is 12.3 Å². The highest BCUT2D eigenvalue weighted by Gasteiger charge is 1.69. The molecular weight excluding hydrogens is 114 g/mol. The molecule has 0 rings (SSSR count). The van der Waals surface area contributed by atoms with Crippen molar-refractivity contribution in [2.24, 2.45) is 5.73 Å². The highest BCUT2D eigenvalue weighted by molar-refractivity contribution is 6.15. The molecule has 0 radical (unpaired) electrons. The highest BCUT2D eigenvalue weighted by Crippen LogP contribution is 1.48. The zero-order valence-corrected chi connectivity index (χ0v) is 4.90. The normalized spacial score (nSPS) is 5.43. The Morgan fingerprint density at radius 2 is 2.00 bits per heavy atom. The topological polar surface area (TPSA) is 43.1 Å². The maximum absolute atomic E-state index is 9.47. The largest absolute Gasteiger partial charge is 0.366 e. The van der Waals surface area contributed by atoms with Crippen molar-refractivity contribution in [1.82, 2.24) is 0 Å². The first kappa shape index (κ1) is 9.71. The Labute approximate surface area is 48.0 Å². The monoisotopic (exact) mass is 121 g/mol. The standard InChI is InChI=1S/C3H5NO.CH3Cl/c1-2-3(4)5;1-2/h2H,1H2,(H2,4,5);1H3. The van der Waals surface area contributed by atoms with Gasteiger partial charge in [-0.1, -0.05) is 6.58 Å². The van der Waals surface area contributed by atoms with E-state index < -0.39 is 5.91 Å². The summed E-state index contributed by atoms with van der Waals surface area (Å²) in [7, 11) is 0. The van der Waals surface area contributed by atoms with Crippen molar-refractivity contribution in [3.8, 4) is 0 Å². The summed E-state index contributed by atoms with van der Waals surface area (Å²) in [6.07, 6.45) is 2.53. The second-order valence-electron chi connectivity index (χ2n) is 0.606. The smallest absolute Gasteiger partial charge is 0.240 e. The lowest BCUT2D eigenvalue weighted by atomic mass is 10.6. The molecule has 0 aromatic heterocycles. The van der Waals surface area contributed by atoms with Gasteiger partial charge in [0, 0.05) is 6.38 Å². The predicted octanol–water partition coefficient (Wildman–Crippen LogP) is 0.513. The summed E-state index contributed by atoms with van der Waals surface area (Å²) in [6, 6.07) is 0. The molecule has 0 aromatic rings. The fraction of sp³-hybridized carbons (Fsp3) is 0.250. The van der Waals surface area contributed by atoms with Crippen LogP contribution in [0.2, 0.25) is 0 Å². The van der Waals surface area contributed by atoms with Crippen molar-refractivity contribution >= 4 is 17.5 Å². The number of primary amides is 1. The summed E-state index contributed by atoms with van der Waals surface area (Å²) in [5.74, 6) is -0.481. The van der Waals surface area contributed by atoms with Gasteiger partial charge < -0.3 is 5.73 Å². The van der Waals surface area contributed by atoms with Crippen LogP contribution in [0.25, 0.3) is 0 Å². The van der Waals surface area contributed by atoms with Crippen molar-refractivity contribution in [3.63, 3.8) is 0 Å². The number of hydrogen-bond acceptors (Lipinski definition) is 1. The van der Waals surface area contributed by atoms with Crippen molar-refractivity contribution in [2.75, 3.05) is 6.38 Å². The molecule has 2 nitrogen and oxygen atoms in total. The maximum atomic E-state index is 9.47. The predicted molar refractivity (Wildman–Crippen MR) is 31.2 cm³/mol. The quantitative estimate of drug-likeness (QED) is 0.399. The van der Waals surface area contributed by atoms with Gasteiger partial charge in [-0.2, -0.15) is 0 Å². The third kappa shape index (κ3) is 29.9. The number of rotatable bonds is 1. The number of carbonyl (C=O) groups excluding carboxylic acids is 1. The van der Waals surface area contributed by atoms with Gasteiger partial charge in [-0.15, -0.1) is 11.6 Å². The maximum Gasteiger partial charge on any atom is 0.240 e. The summed E-state index contributed by atoms with van der Waals surface area (Å²) in [4.78, 5) is 9.47. The van der Waals surface area contributed by atoms with Crippen LogP contribution in [0.3, 0.4) is 0 Å². The molecule has 0 fully saturated rings. The van der Waals surface area contributed by atoms with Gasteiger partial charge in [-0.3, -0.25) is 4.79 Å². The molecule has 0 spiro atoms. The Balaban J connectivity index is 0. The first-order valence-corrected chi connectivity index (χ1v) is 2.32. The van der Waals surface area contributed by atoms with Gasteiger partial charge in [0.05, 0.1) is 0 Å². The Morgan fingerprint density at radius 1 is 1.86 bits per heavy atom. The van der Waals surface area contributed by atoms with E-state index in [4.69, 9.17) is 0 Å². The minimum absolute atomic E-state index is 0.481. The number of hydrogen-bond donors (Lipinski definition) is 1. The van der Waals surface area contributed by atoms with E-state index in [0.29, 0.717) is 0 Å². The highest BCUT2D eigenvalue weighted by atomic mass is 35.5. The second-order valence-corrected chi connectivity index (χ2v) is 0.606. The Morgan fingerprint density at radius 3 is 2.00 bits per heavy atom. The molecule has 0 saturated carbocycles. The molecule has 0 saturated heterocycles. The van der Waals surface area contributed by atoms with E-state index in [1.807, 2.05) is 0 Å². The zero-order valence-electron chi connectivity index (χ0n) is 4.15. The third-order valence-corrected chi connectivity index (χ3v) is 0.201. The lowest BCUT2D eigenvalue weighted by Crippen LogP contribution is -2.04. The molecule has 42 valence electrons. The lowest BCUT2D eigenvalue weighted by molar-refractivity contribution is -0.113. The van der Waals surface area contributed by atoms with E-state index in [1.165, 1.54) is 6.38 Å². The van der Waals surface area contributed by atoms with Crippen LogP contribution in [0.4, 0.5) is 0 Å². The summed E-state index contributed by atoms with van der Waals surface area (Å²) < 4.78 is 0. The van der Waals surface area contributed by atoms with E-state index >= 15 is 0 Å². The molecule has 0 aromatic carbocycles. The number of amides is 1. The van der Waals surface area contributed by atoms with Gasteiger partial charge in [-0.25, -0.2) is 0 Å². The summed E-state index contributed by atoms with van der Waals surface area (Å²) in [5.41, 5.74) is 4.53. The van der Waals surface area contributed by atoms with Crippen molar-refractivity contribution in [2.45, 2.75) is 0 Å². The average molecular weight is 122 g/mol. The summed E-state index contributed by atoms with van der Waals surface area (Å²) in [5, 5.41) is 0. The summed E-state index contributed by atoms with van der Waals surface area (Å²) >= 11 is 4.64. The Kier molecular flexibility index (Phi) is 12.6. The first-order chi connectivity index (χ1) is 3.27. The zero-order chi connectivity index (χ0) is 6.28. The van der Waals surface area contributed by atoms with Crippen LogP contribution in [0.15, 0.2) is 12.7 Å². The van der Waals surface area contributed by atoms with Gasteiger partial charge in [0.15, 0.2) is 0 Å². The number of halogens is 1. The van der Waals surface area contributed by atoms with Crippen LogP contribution in [0.5, 0.6) is 0 Å². The molecular formula is C4H8ClNO. The molecule has 0 aliphatic heterocycles. The van der Waals surface area contributed by atoms with E-state index in [-0.39, 0.29) is 0 Å². The van der Waals surface area contributed by atoms with Crippen molar-refractivity contribution < 1.29 is 4.79 Å². The minimum Gasteiger partial charge on any atom is -0.366 e. The van der Waals surface area contributed by atoms with Crippen LogP contribution >= 0.6 is 11.6 Å². The van der Waals surface area contributed by atoms with Gasteiger partial charge in [-0.05, 0) is 6.08 Å². The van der Waals surface area contributed by atoms with E-state index in [9.17, 15) is 4.79 Å². The van der Waals surface area contributed by atoms with E-state index in [2.05, 4.69) is 23.9 Å². The molecule has 0 heterocycles. The fourth-order valence-corrected chi connectivity index (χ4v) is 0. The Bertz CT molecular complexity index is 62.7. The van der Waals surface area contributed by atoms with Crippen molar-refractivity contribution in [1.29, 1.82) is 0 Å². The molecule has 1 amide bonds. The molecule has 3 heteroatoms. The lowest BCUT2D eigenvalue weighted by Gasteiger charge is -1.65. The second kappa shape index (κ2) is 9.09. The molecule has 0 aliphatic rings. The molecule has 7 heavy (non-hydrogen) atoms. The van der Waals surface area contributed by atoms with E-state index in [0.717, 1.165) is 6.08 Å². The van der Waals surface area contributed by atoms with Crippen LogP contribution < -0.4 is 5.73 Å². The first-order valence-electron chi connectivity index (χ1n) is 1.57. The molecule has 0 bridgehead atoms. The Hall–Kier alpha value is -0.500. The number of carbonyl (C=O) groups is 1. The summed E-state index contributed by atoms with van der Waals surface area (Å²) in [6.45, 7) is 3.09. The van der Waals surface area contributed by atoms with Crippen molar-refractivity contribution in [3.05, 3.63) is 12.7 Å². The van der Waals surface area contributed by atoms with Crippen LogP contribution in [0.1, 0.15) is 0 Å². The van der Waals surface area contributed by atoms with Gasteiger partial charge >= 0.3 is 0 Å². The molecule has 2 N–H and O–H groups in total. The van der Waals surface area contributed by atoms with Crippen LogP contribution in [-0.2, 0) is 4.79 Å². The average Bonchev–Trinajstić information content (AvgIpc) is 1.73. The van der Waals surface area contributed by atoms with Crippen LogP contribution in [0, 0.1) is 0 Å². The minimum atomic E-state index is -0.481. The third-order valence-electron chi connectivity index (χ3n) is 0.201. The SMILES string of the molecule is C=CC(N)=O.CCl. The van der Waals surface area contributed by atoms with Gasteiger partial charge in [0.2, 0.25) is 5.91 Å². The fourth-order valence-electron chi connectivity index (χ4n) is 0. The van der Waals surface area contributed by atoms with E-state index in [1.54, 1.807) is 0 Å². The number of nitrogens with two attached hydrogens (primary N) is 1. The van der Waals surface area contributed by atoms with Gasteiger partial charge in [0.1, 0.15) is 0 Å². The molecule has 0 aliphatic carbocycles. The number of alkyl halides is 1.